The van der Waals surface area contributed by atoms with E-state index in [1.54, 1.807) is 6.20 Å². The van der Waals surface area contributed by atoms with Crippen LogP contribution in [0.3, 0.4) is 0 Å². The normalized spacial score (nSPS) is 23.5. The van der Waals surface area contributed by atoms with Gasteiger partial charge in [-0.05, 0) is 12.8 Å². The average Bonchev–Trinajstić information content (AvgIpc) is 2.63. The van der Waals surface area contributed by atoms with Crippen LogP contribution in [0.15, 0.2) is 12.4 Å². The quantitative estimate of drug-likeness (QED) is 0.887. The molecular weight excluding hydrogens is 230 g/mol. The number of aromatic nitrogens is 2. The molecule has 0 saturated heterocycles. The molecule has 1 unspecified atom stereocenters. The van der Waals surface area contributed by atoms with E-state index in [0.717, 1.165) is 0 Å². The number of hydrogen-bond donors (Lipinski definition) is 1. The third kappa shape index (κ3) is 3.01. The molecule has 1 aromatic heterocycles. The lowest BCUT2D eigenvalue weighted by molar-refractivity contribution is -0.136. The van der Waals surface area contributed by atoms with E-state index in [4.69, 9.17) is 5.11 Å². The van der Waals surface area contributed by atoms with Gasteiger partial charge in [-0.25, -0.2) is 8.78 Å². The zero-order chi connectivity index (χ0) is 12.5. The van der Waals surface area contributed by atoms with Gasteiger partial charge in [-0.1, -0.05) is 0 Å². The van der Waals surface area contributed by atoms with Crippen LogP contribution in [-0.4, -0.2) is 26.8 Å². The fourth-order valence-electron chi connectivity index (χ4n) is 2.21. The van der Waals surface area contributed by atoms with Crippen molar-refractivity contribution in [2.24, 2.45) is 0 Å². The summed E-state index contributed by atoms with van der Waals surface area (Å²) in [6, 6.07) is -0.318. The van der Waals surface area contributed by atoms with Crippen molar-refractivity contribution in [1.29, 1.82) is 0 Å². The highest BCUT2D eigenvalue weighted by Gasteiger charge is 2.37. The van der Waals surface area contributed by atoms with E-state index >= 15 is 0 Å². The first-order valence-corrected chi connectivity index (χ1v) is 5.59. The van der Waals surface area contributed by atoms with Gasteiger partial charge in [0.05, 0.1) is 18.7 Å². The van der Waals surface area contributed by atoms with Crippen LogP contribution in [0.2, 0.25) is 0 Å². The molecule has 1 N–H and O–H groups in total. The summed E-state index contributed by atoms with van der Waals surface area (Å²) in [5.74, 6) is -3.57. The molecule has 1 aliphatic rings. The van der Waals surface area contributed by atoms with Gasteiger partial charge in [-0.2, -0.15) is 5.10 Å². The van der Waals surface area contributed by atoms with Crippen LogP contribution in [0.25, 0.3) is 0 Å². The number of nitrogens with zero attached hydrogens (tertiary/aromatic N) is 2. The van der Waals surface area contributed by atoms with Crippen molar-refractivity contribution in [1.82, 2.24) is 9.78 Å². The maximum absolute atomic E-state index is 13.2. The molecule has 0 amide bonds. The minimum atomic E-state index is -2.62. The van der Waals surface area contributed by atoms with Gasteiger partial charge in [0.15, 0.2) is 0 Å². The molecule has 0 bridgehead atoms. The van der Waals surface area contributed by atoms with E-state index in [9.17, 15) is 13.6 Å². The number of aliphatic carboxylic acids is 1. The van der Waals surface area contributed by atoms with Crippen LogP contribution in [0.4, 0.5) is 8.78 Å². The van der Waals surface area contributed by atoms with Crippen LogP contribution in [0, 0.1) is 0 Å². The molecule has 0 aromatic carbocycles. The number of carboxylic acids is 1. The maximum atomic E-state index is 13.2. The molecule has 0 aliphatic heterocycles. The lowest BCUT2D eigenvalue weighted by atomic mass is 9.92. The third-order valence-electron chi connectivity index (χ3n) is 3.00. The Hall–Kier alpha value is -1.46. The largest absolute Gasteiger partial charge is 0.481 e. The van der Waals surface area contributed by atoms with E-state index in [-0.39, 0.29) is 25.3 Å². The Bertz CT molecular complexity index is 417. The van der Waals surface area contributed by atoms with Crippen molar-refractivity contribution < 1.29 is 18.7 Å². The van der Waals surface area contributed by atoms with Gasteiger partial charge in [0.2, 0.25) is 5.92 Å². The van der Waals surface area contributed by atoms with Crippen molar-refractivity contribution >= 4 is 5.97 Å². The number of carboxylic acid groups (broad SMARTS) is 1. The van der Waals surface area contributed by atoms with Crippen molar-refractivity contribution in [3.63, 3.8) is 0 Å². The molecule has 2 rings (SSSR count). The van der Waals surface area contributed by atoms with Crippen molar-refractivity contribution in [3.8, 4) is 0 Å². The first-order chi connectivity index (χ1) is 7.96. The molecule has 6 heteroatoms. The van der Waals surface area contributed by atoms with E-state index < -0.39 is 11.9 Å². The van der Waals surface area contributed by atoms with Crippen LogP contribution >= 0.6 is 0 Å². The van der Waals surface area contributed by atoms with Gasteiger partial charge >= 0.3 is 5.97 Å². The molecule has 4 nitrogen and oxygen atoms in total. The highest BCUT2D eigenvalue weighted by molar-refractivity contribution is 5.69. The van der Waals surface area contributed by atoms with Gasteiger partial charge in [0.25, 0.3) is 0 Å². The summed E-state index contributed by atoms with van der Waals surface area (Å²) in [6.45, 7) is 0. The van der Waals surface area contributed by atoms with Crippen LogP contribution < -0.4 is 0 Å². The number of rotatable bonds is 3. The lowest BCUT2D eigenvalue weighted by Crippen LogP contribution is -2.28. The Balaban J connectivity index is 2.06. The zero-order valence-electron chi connectivity index (χ0n) is 9.27. The van der Waals surface area contributed by atoms with Crippen molar-refractivity contribution in [2.75, 3.05) is 0 Å². The van der Waals surface area contributed by atoms with Crippen LogP contribution in [0.5, 0.6) is 0 Å². The summed E-state index contributed by atoms with van der Waals surface area (Å²) in [5.41, 5.74) is 0.548. The predicted molar refractivity (Wildman–Crippen MR) is 56.0 cm³/mol. The SMILES string of the molecule is O=C(O)Cc1cnn(C2CCCC(F)(F)C2)c1. The van der Waals surface area contributed by atoms with Crippen molar-refractivity contribution in [2.45, 2.75) is 44.1 Å². The second kappa shape index (κ2) is 4.43. The first-order valence-electron chi connectivity index (χ1n) is 5.59. The maximum Gasteiger partial charge on any atom is 0.307 e. The molecule has 17 heavy (non-hydrogen) atoms. The Morgan fingerprint density at radius 2 is 2.41 bits per heavy atom. The van der Waals surface area contributed by atoms with Gasteiger partial charge in [-0.3, -0.25) is 9.48 Å². The van der Waals surface area contributed by atoms with Gasteiger partial charge in [0, 0.05) is 24.6 Å². The van der Waals surface area contributed by atoms with Gasteiger partial charge in [0.1, 0.15) is 0 Å². The summed E-state index contributed by atoms with van der Waals surface area (Å²) < 4.78 is 27.9. The van der Waals surface area contributed by atoms with E-state index in [2.05, 4.69) is 5.10 Å². The smallest absolute Gasteiger partial charge is 0.307 e. The highest BCUT2D eigenvalue weighted by Crippen LogP contribution is 2.38. The fourth-order valence-corrected chi connectivity index (χ4v) is 2.21. The molecule has 1 heterocycles. The Kier molecular flexibility index (Phi) is 3.13. The number of alkyl halides is 2. The molecular formula is C11H14F2N2O2. The van der Waals surface area contributed by atoms with E-state index in [0.29, 0.717) is 18.4 Å². The first kappa shape index (κ1) is 12.0. The zero-order valence-corrected chi connectivity index (χ0v) is 9.27. The van der Waals surface area contributed by atoms with E-state index in [1.165, 1.54) is 10.9 Å². The topological polar surface area (TPSA) is 55.1 Å². The predicted octanol–water partition coefficient (Wildman–Crippen LogP) is 2.26. The standard InChI is InChI=1S/C11H14F2N2O2/c12-11(13)3-1-2-9(5-11)15-7-8(6-14-15)4-10(16)17/h6-7,9H,1-5H2,(H,16,17). The number of carbonyl (C=O) groups is 1. The second-order valence-corrected chi connectivity index (χ2v) is 4.51. The fraction of sp³-hybridized carbons (Fsp3) is 0.636. The summed E-state index contributed by atoms with van der Waals surface area (Å²) >= 11 is 0. The molecule has 0 spiro atoms. The second-order valence-electron chi connectivity index (χ2n) is 4.51. The Morgan fingerprint density at radius 1 is 1.65 bits per heavy atom. The molecule has 1 saturated carbocycles. The molecule has 94 valence electrons. The Morgan fingerprint density at radius 3 is 3.06 bits per heavy atom. The van der Waals surface area contributed by atoms with Crippen LogP contribution in [-0.2, 0) is 11.2 Å². The summed E-state index contributed by atoms with van der Waals surface area (Å²) in [6.07, 6.45) is 3.74. The minimum absolute atomic E-state index is 0.0627. The van der Waals surface area contributed by atoms with E-state index in [1.807, 2.05) is 0 Å². The molecule has 0 radical (unpaired) electrons. The average molecular weight is 244 g/mol. The third-order valence-corrected chi connectivity index (χ3v) is 3.00. The molecule has 1 aromatic rings. The minimum Gasteiger partial charge on any atom is -0.481 e. The summed E-state index contributed by atoms with van der Waals surface area (Å²) in [5, 5.41) is 12.6. The summed E-state index contributed by atoms with van der Waals surface area (Å²) in [7, 11) is 0. The molecule has 1 aliphatic carbocycles. The Labute approximate surface area is 97.2 Å². The highest BCUT2D eigenvalue weighted by atomic mass is 19.3. The monoisotopic (exact) mass is 244 g/mol. The lowest BCUT2D eigenvalue weighted by Gasteiger charge is -2.28. The van der Waals surface area contributed by atoms with Gasteiger partial charge in [-0.15, -0.1) is 0 Å². The van der Waals surface area contributed by atoms with Crippen LogP contribution in [0.1, 0.15) is 37.3 Å². The number of halogens is 2. The van der Waals surface area contributed by atoms with Gasteiger partial charge < -0.3 is 5.11 Å². The number of hydrogen-bond acceptors (Lipinski definition) is 2. The summed E-state index contributed by atoms with van der Waals surface area (Å²) in [4.78, 5) is 10.5. The molecule has 1 atom stereocenters. The molecule has 1 fully saturated rings. The van der Waals surface area contributed by atoms with Crippen molar-refractivity contribution in [3.05, 3.63) is 18.0 Å².